The molecule has 0 unspecified atom stereocenters. The molecule has 170 valence electrons. The third kappa shape index (κ3) is 5.66. The summed E-state index contributed by atoms with van der Waals surface area (Å²) in [5, 5.41) is 16.0. The Morgan fingerprint density at radius 2 is 1.94 bits per heavy atom. The standard InChI is InChI=1S/C24H22N8O2/c1-16-15-21(32-31-16)28-20-11-10-18(25-2)22(29-20)27-13-14-34-19-9-6-12-26-23(19)30-24(33)17-7-4-3-5-8-17/h3-12,15H,13-14H2,1H3,(H,26,30,33)(H3,27,28,29,31,32). The van der Waals surface area contributed by atoms with Crippen LogP contribution in [0, 0.1) is 13.5 Å². The van der Waals surface area contributed by atoms with Crippen molar-refractivity contribution in [2.75, 3.05) is 29.1 Å². The second-order valence-corrected chi connectivity index (χ2v) is 7.18. The molecule has 0 spiro atoms. The molecule has 0 bridgehead atoms. The highest BCUT2D eigenvalue weighted by molar-refractivity contribution is 6.04. The lowest BCUT2D eigenvalue weighted by molar-refractivity contribution is 0.102. The van der Waals surface area contributed by atoms with Crippen molar-refractivity contribution in [1.82, 2.24) is 20.2 Å². The number of benzene rings is 1. The number of carbonyl (C=O) groups excluding carboxylic acids is 1. The minimum absolute atomic E-state index is 0.259. The van der Waals surface area contributed by atoms with Crippen molar-refractivity contribution in [2.24, 2.45) is 0 Å². The van der Waals surface area contributed by atoms with E-state index in [4.69, 9.17) is 11.3 Å². The smallest absolute Gasteiger partial charge is 0.256 e. The van der Waals surface area contributed by atoms with Crippen LogP contribution in [-0.4, -0.2) is 39.2 Å². The van der Waals surface area contributed by atoms with E-state index in [1.165, 1.54) is 0 Å². The van der Waals surface area contributed by atoms with Gasteiger partial charge in [-0.05, 0) is 43.3 Å². The second kappa shape index (κ2) is 10.6. The van der Waals surface area contributed by atoms with E-state index in [1.807, 2.05) is 19.1 Å². The summed E-state index contributed by atoms with van der Waals surface area (Å²) in [5.74, 6) is 2.12. The average Bonchev–Trinajstić information content (AvgIpc) is 3.27. The van der Waals surface area contributed by atoms with Gasteiger partial charge in [-0.15, -0.1) is 0 Å². The number of pyridine rings is 2. The second-order valence-electron chi connectivity index (χ2n) is 7.18. The zero-order valence-corrected chi connectivity index (χ0v) is 18.4. The minimum Gasteiger partial charge on any atom is -0.488 e. The lowest BCUT2D eigenvalue weighted by atomic mass is 10.2. The molecule has 10 nitrogen and oxygen atoms in total. The van der Waals surface area contributed by atoms with E-state index in [1.54, 1.807) is 54.7 Å². The van der Waals surface area contributed by atoms with Gasteiger partial charge in [0.1, 0.15) is 18.2 Å². The van der Waals surface area contributed by atoms with Crippen LogP contribution in [0.2, 0.25) is 0 Å². The SMILES string of the molecule is [C-]#[N+]c1ccc(Nc2cc(C)[nH]n2)nc1NCCOc1cccnc1NC(=O)c1ccccc1. The molecule has 10 heteroatoms. The molecule has 0 atom stereocenters. The summed E-state index contributed by atoms with van der Waals surface area (Å²) in [6, 6.07) is 17.6. The van der Waals surface area contributed by atoms with Gasteiger partial charge >= 0.3 is 0 Å². The molecule has 0 saturated heterocycles. The van der Waals surface area contributed by atoms with Crippen molar-refractivity contribution in [3.63, 3.8) is 0 Å². The van der Waals surface area contributed by atoms with Gasteiger partial charge in [0.15, 0.2) is 17.4 Å². The number of hydrogen-bond acceptors (Lipinski definition) is 7. The number of aromatic nitrogens is 4. The number of aromatic amines is 1. The highest BCUT2D eigenvalue weighted by Crippen LogP contribution is 2.26. The van der Waals surface area contributed by atoms with Crippen LogP contribution in [0.1, 0.15) is 16.1 Å². The number of H-pyrrole nitrogens is 1. The highest BCUT2D eigenvalue weighted by atomic mass is 16.5. The average molecular weight is 454 g/mol. The van der Waals surface area contributed by atoms with Crippen LogP contribution < -0.4 is 20.7 Å². The van der Waals surface area contributed by atoms with Gasteiger partial charge in [-0.1, -0.05) is 18.2 Å². The molecule has 0 aliphatic carbocycles. The number of nitrogens with one attached hydrogen (secondary N) is 4. The number of nitrogens with zero attached hydrogens (tertiary/aromatic N) is 4. The first kappa shape index (κ1) is 22.3. The van der Waals surface area contributed by atoms with E-state index in [9.17, 15) is 4.79 Å². The first-order chi connectivity index (χ1) is 16.6. The molecular weight excluding hydrogens is 432 g/mol. The molecule has 4 aromatic rings. The minimum atomic E-state index is -0.274. The fourth-order valence-corrected chi connectivity index (χ4v) is 3.06. The Hall–Kier alpha value is -4.91. The zero-order valence-electron chi connectivity index (χ0n) is 18.4. The van der Waals surface area contributed by atoms with Gasteiger partial charge in [0.25, 0.3) is 5.91 Å². The summed E-state index contributed by atoms with van der Waals surface area (Å²) in [7, 11) is 0. The lowest BCUT2D eigenvalue weighted by Crippen LogP contribution is -2.16. The van der Waals surface area contributed by atoms with Gasteiger partial charge < -0.3 is 20.7 Å². The number of hydrogen-bond donors (Lipinski definition) is 4. The third-order valence-electron chi connectivity index (χ3n) is 4.65. The largest absolute Gasteiger partial charge is 0.488 e. The predicted molar refractivity (Wildman–Crippen MR) is 130 cm³/mol. The molecule has 0 fully saturated rings. The van der Waals surface area contributed by atoms with Gasteiger partial charge in [0, 0.05) is 30.1 Å². The summed E-state index contributed by atoms with van der Waals surface area (Å²) < 4.78 is 5.82. The molecule has 0 radical (unpaired) electrons. The number of aryl methyl sites for hydroxylation is 1. The monoisotopic (exact) mass is 454 g/mol. The summed E-state index contributed by atoms with van der Waals surface area (Å²) >= 11 is 0. The topological polar surface area (TPSA) is 121 Å². The molecule has 34 heavy (non-hydrogen) atoms. The maximum Gasteiger partial charge on any atom is 0.256 e. The van der Waals surface area contributed by atoms with Crippen molar-refractivity contribution < 1.29 is 9.53 Å². The first-order valence-electron chi connectivity index (χ1n) is 10.5. The van der Waals surface area contributed by atoms with Crippen LogP contribution in [0.25, 0.3) is 4.85 Å². The summed E-state index contributed by atoms with van der Waals surface area (Å²) in [5.41, 5.74) is 1.84. The van der Waals surface area contributed by atoms with Crippen molar-refractivity contribution in [3.05, 3.63) is 89.5 Å². The van der Waals surface area contributed by atoms with Gasteiger partial charge in [0.2, 0.25) is 5.69 Å². The maximum atomic E-state index is 12.4. The van der Waals surface area contributed by atoms with E-state index in [-0.39, 0.29) is 12.5 Å². The van der Waals surface area contributed by atoms with Crippen LogP contribution in [0.4, 0.5) is 29.0 Å². The molecular formula is C24H22N8O2. The van der Waals surface area contributed by atoms with Crippen LogP contribution in [0.3, 0.4) is 0 Å². The van der Waals surface area contributed by atoms with Gasteiger partial charge in [-0.3, -0.25) is 9.89 Å². The fraction of sp³-hybridized carbons (Fsp3) is 0.125. The molecule has 1 aromatic carbocycles. The molecule has 3 heterocycles. The Morgan fingerprint density at radius 3 is 2.71 bits per heavy atom. The van der Waals surface area contributed by atoms with E-state index >= 15 is 0 Å². The molecule has 4 N–H and O–H groups in total. The normalized spacial score (nSPS) is 10.2. The summed E-state index contributed by atoms with van der Waals surface area (Å²) in [6.07, 6.45) is 1.58. The number of ether oxygens (including phenoxy) is 1. The van der Waals surface area contributed by atoms with Gasteiger partial charge in [-0.25, -0.2) is 14.8 Å². The number of rotatable bonds is 9. The third-order valence-corrected chi connectivity index (χ3v) is 4.65. The molecule has 0 aliphatic heterocycles. The molecule has 4 rings (SSSR count). The number of amides is 1. The summed E-state index contributed by atoms with van der Waals surface area (Å²) in [6.45, 7) is 9.93. The first-order valence-corrected chi connectivity index (χ1v) is 10.5. The van der Waals surface area contributed by atoms with Crippen molar-refractivity contribution >= 4 is 34.9 Å². The number of carbonyl (C=O) groups is 1. The maximum absolute atomic E-state index is 12.4. The highest BCUT2D eigenvalue weighted by Gasteiger charge is 2.11. The Balaban J connectivity index is 1.36. The molecule has 0 saturated carbocycles. The van der Waals surface area contributed by atoms with E-state index in [2.05, 4.69) is 41.0 Å². The van der Waals surface area contributed by atoms with E-state index in [0.717, 1.165) is 5.69 Å². The van der Waals surface area contributed by atoms with E-state index < -0.39 is 0 Å². The Bertz CT molecular complexity index is 1310. The van der Waals surface area contributed by atoms with Gasteiger partial charge in [-0.2, -0.15) is 5.10 Å². The zero-order chi connectivity index (χ0) is 23.8. The molecule has 1 amide bonds. The van der Waals surface area contributed by atoms with E-state index in [0.29, 0.717) is 46.8 Å². The quantitative estimate of drug-likeness (QED) is 0.216. The summed E-state index contributed by atoms with van der Waals surface area (Å²) in [4.78, 5) is 24.6. The Morgan fingerprint density at radius 1 is 1.09 bits per heavy atom. The van der Waals surface area contributed by atoms with Crippen molar-refractivity contribution in [2.45, 2.75) is 6.92 Å². The van der Waals surface area contributed by atoms with Crippen LogP contribution in [0.15, 0.2) is 66.9 Å². The Kier molecular flexibility index (Phi) is 6.95. The van der Waals surface area contributed by atoms with Crippen LogP contribution in [-0.2, 0) is 0 Å². The Labute approximate surface area is 196 Å². The molecule has 0 aliphatic rings. The lowest BCUT2D eigenvalue weighted by Gasteiger charge is -2.13. The van der Waals surface area contributed by atoms with Crippen molar-refractivity contribution in [3.8, 4) is 5.75 Å². The fourth-order valence-electron chi connectivity index (χ4n) is 3.06. The van der Waals surface area contributed by atoms with Crippen LogP contribution in [0.5, 0.6) is 5.75 Å². The predicted octanol–water partition coefficient (Wildman–Crippen LogP) is 4.55. The van der Waals surface area contributed by atoms with Crippen molar-refractivity contribution in [1.29, 1.82) is 0 Å². The van der Waals surface area contributed by atoms with Gasteiger partial charge in [0.05, 0.1) is 6.57 Å². The van der Waals surface area contributed by atoms with Crippen LogP contribution >= 0.6 is 0 Å². The number of anilines is 4. The molecule has 3 aromatic heterocycles.